The minimum Gasteiger partial charge on any atom is -0.452 e. The molecule has 1 N–H and O–H groups in total. The number of benzene rings is 2. The number of carbonyl (C=O) groups is 2. The molecule has 0 heterocycles. The lowest BCUT2D eigenvalue weighted by Crippen LogP contribution is -2.30. The summed E-state index contributed by atoms with van der Waals surface area (Å²) < 4.78 is 31.5. The van der Waals surface area contributed by atoms with Crippen molar-refractivity contribution in [2.24, 2.45) is 0 Å². The van der Waals surface area contributed by atoms with Crippen LogP contribution in [0.15, 0.2) is 53.4 Å². The molecule has 4 nitrogen and oxygen atoms in total. The van der Waals surface area contributed by atoms with Crippen molar-refractivity contribution in [1.82, 2.24) is 0 Å². The largest absolute Gasteiger partial charge is 0.452 e. The molecule has 0 fully saturated rings. The highest BCUT2D eigenvalue weighted by Crippen LogP contribution is 2.18. The molecule has 0 radical (unpaired) electrons. The Kier molecular flexibility index (Phi) is 6.31. The van der Waals surface area contributed by atoms with Crippen LogP contribution in [0.3, 0.4) is 0 Å². The second-order valence-electron chi connectivity index (χ2n) is 4.85. The number of ether oxygens (including phenoxy) is 1. The van der Waals surface area contributed by atoms with Gasteiger partial charge in [0, 0.05) is 11.0 Å². The second kappa shape index (κ2) is 8.44. The van der Waals surface area contributed by atoms with E-state index in [-0.39, 0.29) is 11.4 Å². The monoisotopic (exact) mass is 351 g/mol. The van der Waals surface area contributed by atoms with E-state index in [9.17, 15) is 18.4 Å². The van der Waals surface area contributed by atoms with Gasteiger partial charge in [-0.2, -0.15) is 0 Å². The first-order valence-electron chi connectivity index (χ1n) is 7.09. The van der Waals surface area contributed by atoms with Crippen LogP contribution in [0.1, 0.15) is 6.92 Å². The smallest absolute Gasteiger partial charge is 0.317 e. The number of hydrogen-bond donors (Lipinski definition) is 1. The van der Waals surface area contributed by atoms with Crippen LogP contribution in [0.25, 0.3) is 0 Å². The second-order valence-corrected chi connectivity index (χ2v) is 5.90. The molecule has 0 aliphatic heterocycles. The van der Waals surface area contributed by atoms with E-state index in [0.29, 0.717) is 0 Å². The van der Waals surface area contributed by atoms with Gasteiger partial charge >= 0.3 is 5.97 Å². The number of nitrogens with one attached hydrogen (secondary N) is 1. The molecule has 0 saturated carbocycles. The Morgan fingerprint density at radius 2 is 1.88 bits per heavy atom. The number of hydrogen-bond acceptors (Lipinski definition) is 4. The van der Waals surface area contributed by atoms with Crippen molar-refractivity contribution in [2.45, 2.75) is 17.9 Å². The van der Waals surface area contributed by atoms with E-state index in [1.165, 1.54) is 18.7 Å². The molecule has 0 unspecified atom stereocenters. The van der Waals surface area contributed by atoms with Crippen LogP contribution in [0.5, 0.6) is 0 Å². The van der Waals surface area contributed by atoms with Crippen LogP contribution in [0.4, 0.5) is 14.5 Å². The highest BCUT2D eigenvalue weighted by molar-refractivity contribution is 8.00. The van der Waals surface area contributed by atoms with Gasteiger partial charge in [0.2, 0.25) is 0 Å². The minimum atomic E-state index is -1.13. The van der Waals surface area contributed by atoms with Gasteiger partial charge in [0.05, 0.1) is 11.4 Å². The number of carbonyl (C=O) groups excluding carboxylic acids is 2. The zero-order chi connectivity index (χ0) is 17.5. The van der Waals surface area contributed by atoms with Gasteiger partial charge in [-0.05, 0) is 31.2 Å². The quantitative estimate of drug-likeness (QED) is 0.638. The molecule has 2 rings (SSSR count). The Morgan fingerprint density at radius 1 is 1.17 bits per heavy atom. The topological polar surface area (TPSA) is 55.4 Å². The third-order valence-corrected chi connectivity index (χ3v) is 3.95. The van der Waals surface area contributed by atoms with Crippen molar-refractivity contribution in [1.29, 1.82) is 0 Å². The van der Waals surface area contributed by atoms with Gasteiger partial charge in [-0.1, -0.05) is 18.2 Å². The fraction of sp³-hybridized carbons (Fsp3) is 0.176. The summed E-state index contributed by atoms with van der Waals surface area (Å²) in [6.45, 7) is 1.36. The molecule has 2 aromatic rings. The molecule has 7 heteroatoms. The SMILES string of the molecule is C[C@H](OC(=O)CSc1ccccc1)C(=O)Nc1cc(F)ccc1F. The number of halogens is 2. The highest BCUT2D eigenvalue weighted by atomic mass is 32.2. The number of thioether (sulfide) groups is 1. The molecular formula is C17H15F2NO3S. The fourth-order valence-electron chi connectivity index (χ4n) is 1.77. The third kappa shape index (κ3) is 5.34. The zero-order valence-corrected chi connectivity index (χ0v) is 13.6. The van der Waals surface area contributed by atoms with Gasteiger partial charge in [0.25, 0.3) is 5.91 Å². The Hall–Kier alpha value is -2.41. The van der Waals surface area contributed by atoms with E-state index in [1.807, 2.05) is 30.3 Å². The Bertz CT molecular complexity index is 725. The molecule has 0 bridgehead atoms. The van der Waals surface area contributed by atoms with Crippen LogP contribution in [0.2, 0.25) is 0 Å². The summed E-state index contributed by atoms with van der Waals surface area (Å²) in [5.41, 5.74) is -0.304. The summed E-state index contributed by atoms with van der Waals surface area (Å²) >= 11 is 1.27. The maximum atomic E-state index is 13.5. The van der Waals surface area contributed by atoms with E-state index < -0.39 is 29.6 Å². The van der Waals surface area contributed by atoms with Crippen LogP contribution in [-0.4, -0.2) is 23.7 Å². The van der Waals surface area contributed by atoms with Crippen LogP contribution < -0.4 is 5.32 Å². The Labute approximate surface area is 142 Å². The summed E-state index contributed by atoms with van der Waals surface area (Å²) in [4.78, 5) is 24.5. The highest BCUT2D eigenvalue weighted by Gasteiger charge is 2.19. The lowest BCUT2D eigenvalue weighted by atomic mass is 10.2. The maximum Gasteiger partial charge on any atom is 0.317 e. The molecule has 2 aromatic carbocycles. The van der Waals surface area contributed by atoms with Crippen molar-refractivity contribution in [3.05, 3.63) is 60.2 Å². The summed E-state index contributed by atoms with van der Waals surface area (Å²) in [5, 5.41) is 2.19. The molecule has 0 saturated heterocycles. The molecule has 24 heavy (non-hydrogen) atoms. The van der Waals surface area contributed by atoms with E-state index in [0.717, 1.165) is 23.1 Å². The standard InChI is InChI=1S/C17H15F2NO3S/c1-11(17(22)20-15-9-12(18)7-8-14(15)19)23-16(21)10-24-13-5-3-2-4-6-13/h2-9,11H,10H2,1H3,(H,20,22)/t11-/m0/s1. The van der Waals surface area contributed by atoms with E-state index in [1.54, 1.807) is 0 Å². The number of esters is 1. The van der Waals surface area contributed by atoms with Crippen molar-refractivity contribution in [3.8, 4) is 0 Å². The normalized spacial score (nSPS) is 11.6. The van der Waals surface area contributed by atoms with Crippen molar-refractivity contribution >= 4 is 29.3 Å². The predicted octanol–water partition coefficient (Wildman–Crippen LogP) is 3.63. The Balaban J connectivity index is 1.84. The number of anilines is 1. The molecule has 0 spiro atoms. The van der Waals surface area contributed by atoms with Gasteiger partial charge in [-0.15, -0.1) is 11.8 Å². The molecule has 1 amide bonds. The molecule has 0 aliphatic carbocycles. The predicted molar refractivity (Wildman–Crippen MR) is 87.7 cm³/mol. The van der Waals surface area contributed by atoms with Crippen molar-refractivity contribution in [2.75, 3.05) is 11.1 Å². The first kappa shape index (κ1) is 17.9. The average molecular weight is 351 g/mol. The van der Waals surface area contributed by atoms with E-state index >= 15 is 0 Å². The average Bonchev–Trinajstić information content (AvgIpc) is 2.57. The van der Waals surface area contributed by atoms with E-state index in [2.05, 4.69) is 5.32 Å². The van der Waals surface area contributed by atoms with Crippen LogP contribution in [0, 0.1) is 11.6 Å². The lowest BCUT2D eigenvalue weighted by molar-refractivity contribution is -0.150. The summed E-state index contributed by atoms with van der Waals surface area (Å²) in [6, 6.07) is 11.9. The Morgan fingerprint density at radius 3 is 2.58 bits per heavy atom. The maximum absolute atomic E-state index is 13.5. The molecule has 0 aliphatic rings. The van der Waals surface area contributed by atoms with Crippen molar-refractivity contribution < 1.29 is 23.1 Å². The zero-order valence-electron chi connectivity index (χ0n) is 12.8. The fourth-order valence-corrected chi connectivity index (χ4v) is 2.47. The molecular weight excluding hydrogens is 336 g/mol. The molecule has 0 aromatic heterocycles. The first-order valence-corrected chi connectivity index (χ1v) is 8.07. The first-order chi connectivity index (χ1) is 11.5. The van der Waals surface area contributed by atoms with Gasteiger partial charge in [-0.25, -0.2) is 8.78 Å². The number of rotatable bonds is 6. The summed E-state index contributed by atoms with van der Waals surface area (Å²) in [7, 11) is 0. The summed E-state index contributed by atoms with van der Waals surface area (Å²) in [6.07, 6.45) is -1.13. The lowest BCUT2D eigenvalue weighted by Gasteiger charge is -2.14. The van der Waals surface area contributed by atoms with Crippen LogP contribution >= 0.6 is 11.8 Å². The van der Waals surface area contributed by atoms with Gasteiger partial charge in [0.15, 0.2) is 6.10 Å². The molecule has 126 valence electrons. The number of amides is 1. The summed E-state index contributed by atoms with van der Waals surface area (Å²) in [5.74, 6) is -2.74. The minimum absolute atomic E-state index is 0.0377. The van der Waals surface area contributed by atoms with Gasteiger partial charge < -0.3 is 10.1 Å². The van der Waals surface area contributed by atoms with Gasteiger partial charge in [0.1, 0.15) is 11.6 Å². The van der Waals surface area contributed by atoms with Crippen molar-refractivity contribution in [3.63, 3.8) is 0 Å². The van der Waals surface area contributed by atoms with E-state index in [4.69, 9.17) is 4.74 Å². The third-order valence-electron chi connectivity index (χ3n) is 2.96. The van der Waals surface area contributed by atoms with Gasteiger partial charge in [-0.3, -0.25) is 9.59 Å². The molecule has 1 atom stereocenters. The van der Waals surface area contributed by atoms with Crippen LogP contribution in [-0.2, 0) is 14.3 Å².